The molecule has 1 heterocycles. The zero-order valence-corrected chi connectivity index (χ0v) is 18.6. The van der Waals surface area contributed by atoms with Crippen LogP contribution < -0.4 is 5.32 Å². The van der Waals surface area contributed by atoms with Crippen molar-refractivity contribution in [3.8, 4) is 0 Å². The SMILES string of the molecule is C=C1CC2C(CC[C@]3(C)C(=O)CC(F)C23)[C@@]2(C)CCC(=NCOC3CCNC3)CC12. The largest absolute Gasteiger partial charge is 0.355 e. The summed E-state index contributed by atoms with van der Waals surface area (Å²) in [6, 6.07) is 0. The van der Waals surface area contributed by atoms with E-state index < -0.39 is 11.6 Å². The smallest absolute Gasteiger partial charge is 0.142 e. The van der Waals surface area contributed by atoms with Crippen LogP contribution in [0.4, 0.5) is 4.39 Å². The van der Waals surface area contributed by atoms with Crippen LogP contribution in [0, 0.1) is 34.5 Å². The fourth-order valence-electron chi connectivity index (χ4n) is 7.98. The lowest BCUT2D eigenvalue weighted by Crippen LogP contribution is -2.55. The maximum atomic E-state index is 15.0. The van der Waals surface area contributed by atoms with Gasteiger partial charge in [-0.05, 0) is 74.7 Å². The van der Waals surface area contributed by atoms with Gasteiger partial charge in [-0.25, -0.2) is 4.39 Å². The molecule has 4 nitrogen and oxygen atoms in total. The number of hydrogen-bond acceptors (Lipinski definition) is 4. The lowest BCUT2D eigenvalue weighted by atomic mass is 9.44. The van der Waals surface area contributed by atoms with E-state index in [1.54, 1.807) is 0 Å². The lowest BCUT2D eigenvalue weighted by molar-refractivity contribution is -0.135. The molecule has 0 radical (unpaired) electrons. The number of halogens is 1. The molecule has 0 aromatic rings. The maximum absolute atomic E-state index is 15.0. The van der Waals surface area contributed by atoms with Gasteiger partial charge in [0, 0.05) is 30.0 Å². The maximum Gasteiger partial charge on any atom is 0.142 e. The number of fused-ring (bicyclic) bond motifs is 5. The number of ketones is 1. The van der Waals surface area contributed by atoms with Crippen LogP contribution in [-0.2, 0) is 9.53 Å². The van der Waals surface area contributed by atoms with Crippen molar-refractivity contribution < 1.29 is 13.9 Å². The molecule has 5 heteroatoms. The summed E-state index contributed by atoms with van der Waals surface area (Å²) in [6.07, 6.45) is 6.41. The van der Waals surface area contributed by atoms with Crippen LogP contribution in [0.5, 0.6) is 0 Å². The average molecular weight is 417 g/mol. The standard InChI is InChI=1S/C25H37FN2O2/c1-15-10-18-19(5-8-25(3)22(29)12-21(26)23(18)25)24(2)7-4-16(11-20(15)24)28-14-30-17-6-9-27-13-17/h17-21,23,27H,1,4-14H2,2-3H3/t17?,18?,19?,20?,21?,23?,24-,25-/m1/s1. The Balaban J connectivity index is 1.32. The first-order valence-electron chi connectivity index (χ1n) is 12.0. The summed E-state index contributed by atoms with van der Waals surface area (Å²) in [4.78, 5) is 17.4. The Morgan fingerprint density at radius 3 is 2.83 bits per heavy atom. The van der Waals surface area contributed by atoms with Crippen LogP contribution in [-0.4, -0.2) is 43.6 Å². The highest BCUT2D eigenvalue weighted by Gasteiger charge is 2.63. The molecule has 5 rings (SSSR count). The number of ether oxygens (including phenoxy) is 1. The molecule has 0 amide bonds. The molecule has 6 unspecified atom stereocenters. The van der Waals surface area contributed by atoms with Crippen LogP contribution in [0.1, 0.15) is 65.2 Å². The predicted molar refractivity (Wildman–Crippen MR) is 116 cm³/mol. The van der Waals surface area contributed by atoms with Gasteiger partial charge in [0.15, 0.2) is 0 Å². The van der Waals surface area contributed by atoms with Crippen molar-refractivity contribution in [2.75, 3.05) is 19.8 Å². The van der Waals surface area contributed by atoms with Crippen LogP contribution in [0.25, 0.3) is 0 Å². The van der Waals surface area contributed by atoms with Crippen molar-refractivity contribution in [1.29, 1.82) is 0 Å². The number of allylic oxidation sites excluding steroid dienone is 1. The number of aliphatic imine (C=N–C) groups is 1. The molecule has 0 aromatic heterocycles. The molecule has 1 aliphatic heterocycles. The summed E-state index contributed by atoms with van der Waals surface area (Å²) in [5.41, 5.74) is 2.24. The zero-order valence-electron chi connectivity index (χ0n) is 18.6. The van der Waals surface area contributed by atoms with E-state index in [-0.39, 0.29) is 29.5 Å². The molecule has 1 N–H and O–H groups in total. The van der Waals surface area contributed by atoms with Crippen molar-refractivity contribution in [3.05, 3.63) is 12.2 Å². The number of nitrogens with one attached hydrogen (secondary N) is 1. The molecule has 0 aromatic carbocycles. The molecular formula is C25H37FN2O2. The Labute approximate surface area is 180 Å². The van der Waals surface area contributed by atoms with Crippen molar-refractivity contribution in [2.45, 2.75) is 77.5 Å². The second-order valence-corrected chi connectivity index (χ2v) is 11.2. The molecule has 0 spiro atoms. The van der Waals surface area contributed by atoms with E-state index in [2.05, 4.69) is 18.8 Å². The van der Waals surface area contributed by atoms with Crippen LogP contribution in [0.3, 0.4) is 0 Å². The second-order valence-electron chi connectivity index (χ2n) is 11.2. The van der Waals surface area contributed by atoms with Crippen molar-refractivity contribution in [1.82, 2.24) is 5.32 Å². The Bertz CT molecular complexity index is 760. The Kier molecular flexibility index (Phi) is 5.21. The van der Waals surface area contributed by atoms with Gasteiger partial charge in [-0.1, -0.05) is 26.0 Å². The number of rotatable bonds is 3. The number of nitrogens with zero attached hydrogens (tertiary/aromatic N) is 1. The first-order chi connectivity index (χ1) is 14.3. The van der Waals surface area contributed by atoms with Gasteiger partial charge in [0.05, 0.1) is 6.10 Å². The van der Waals surface area contributed by atoms with Gasteiger partial charge >= 0.3 is 0 Å². The quantitative estimate of drug-likeness (QED) is 0.690. The normalized spacial score (nSPS) is 49.8. The van der Waals surface area contributed by atoms with E-state index in [1.807, 2.05) is 6.92 Å². The monoisotopic (exact) mass is 416 g/mol. The van der Waals surface area contributed by atoms with Crippen molar-refractivity contribution >= 4 is 11.5 Å². The molecule has 4 saturated carbocycles. The summed E-state index contributed by atoms with van der Waals surface area (Å²) in [6.45, 7) is 11.4. The Morgan fingerprint density at radius 1 is 1.23 bits per heavy atom. The van der Waals surface area contributed by atoms with E-state index in [0.29, 0.717) is 24.7 Å². The molecule has 1 saturated heterocycles. The minimum atomic E-state index is -0.966. The van der Waals surface area contributed by atoms with Crippen molar-refractivity contribution in [3.63, 3.8) is 0 Å². The molecule has 0 bridgehead atoms. The summed E-state index contributed by atoms with van der Waals surface area (Å²) in [7, 11) is 0. The number of carbonyl (C=O) groups is 1. The van der Waals surface area contributed by atoms with Gasteiger partial charge in [-0.2, -0.15) is 0 Å². The average Bonchev–Trinajstić information content (AvgIpc) is 3.29. The highest BCUT2D eigenvalue weighted by atomic mass is 19.1. The molecule has 166 valence electrons. The summed E-state index contributed by atoms with van der Waals surface area (Å²) in [5, 5.41) is 3.33. The molecule has 5 fully saturated rings. The molecular weight excluding hydrogens is 379 g/mol. The van der Waals surface area contributed by atoms with E-state index in [9.17, 15) is 4.79 Å². The number of carbonyl (C=O) groups excluding carboxylic acids is 1. The predicted octanol–water partition coefficient (Wildman–Crippen LogP) is 4.49. The highest BCUT2D eigenvalue weighted by molar-refractivity contribution is 5.88. The Morgan fingerprint density at radius 2 is 2.07 bits per heavy atom. The molecule has 30 heavy (non-hydrogen) atoms. The van der Waals surface area contributed by atoms with Crippen LogP contribution >= 0.6 is 0 Å². The molecule has 8 atom stereocenters. The third kappa shape index (κ3) is 3.14. The Hall–Kier alpha value is -1.07. The summed E-state index contributed by atoms with van der Waals surface area (Å²) >= 11 is 0. The van der Waals surface area contributed by atoms with Gasteiger partial charge in [-0.3, -0.25) is 9.79 Å². The first kappa shape index (κ1) is 20.8. The van der Waals surface area contributed by atoms with E-state index in [0.717, 1.165) is 58.0 Å². The number of hydrogen-bond donors (Lipinski definition) is 1. The number of alkyl halides is 1. The minimum Gasteiger partial charge on any atom is -0.355 e. The van der Waals surface area contributed by atoms with E-state index in [1.165, 1.54) is 11.3 Å². The van der Waals surface area contributed by atoms with Gasteiger partial charge < -0.3 is 10.1 Å². The summed E-state index contributed by atoms with van der Waals surface area (Å²) < 4.78 is 21.0. The van der Waals surface area contributed by atoms with Crippen LogP contribution in [0.2, 0.25) is 0 Å². The fourth-order valence-corrected chi connectivity index (χ4v) is 7.98. The fraction of sp³-hybridized carbons (Fsp3) is 0.840. The highest BCUT2D eigenvalue weighted by Crippen LogP contribution is 2.66. The van der Waals surface area contributed by atoms with E-state index in [4.69, 9.17) is 9.73 Å². The second kappa shape index (κ2) is 7.51. The first-order valence-corrected chi connectivity index (χ1v) is 12.0. The van der Waals surface area contributed by atoms with Gasteiger partial charge in [-0.15, -0.1) is 0 Å². The third-order valence-electron chi connectivity index (χ3n) is 9.73. The molecule has 4 aliphatic carbocycles. The van der Waals surface area contributed by atoms with Gasteiger partial charge in [0.25, 0.3) is 0 Å². The topological polar surface area (TPSA) is 50.7 Å². The van der Waals surface area contributed by atoms with E-state index >= 15 is 4.39 Å². The van der Waals surface area contributed by atoms with Crippen LogP contribution in [0.15, 0.2) is 17.1 Å². The third-order valence-corrected chi connectivity index (χ3v) is 9.73. The summed E-state index contributed by atoms with van der Waals surface area (Å²) in [5.74, 6) is 1.25. The zero-order chi connectivity index (χ0) is 21.1. The van der Waals surface area contributed by atoms with Gasteiger partial charge in [0.1, 0.15) is 18.7 Å². The minimum absolute atomic E-state index is 0.109. The molecule has 5 aliphatic rings. The number of Topliss-reactive ketones (excluding diaryl/α,β-unsaturated/α-hetero) is 1. The van der Waals surface area contributed by atoms with Gasteiger partial charge in [0.2, 0.25) is 0 Å². The van der Waals surface area contributed by atoms with Crippen molar-refractivity contribution in [2.24, 2.45) is 39.5 Å². The lowest BCUT2D eigenvalue weighted by Gasteiger charge is -2.60.